The Kier molecular flexibility index (Phi) is 2.62. The van der Waals surface area contributed by atoms with Gasteiger partial charge >= 0.3 is 0 Å². The Morgan fingerprint density at radius 2 is 2.27 bits per heavy atom. The minimum absolute atomic E-state index is 0.0642. The van der Waals surface area contributed by atoms with Crippen molar-refractivity contribution in [1.29, 1.82) is 0 Å². The average molecular weight is 215 g/mol. The smallest absolute Gasteiger partial charge is 0.108 e. The van der Waals surface area contributed by atoms with E-state index in [9.17, 15) is 0 Å². The standard InChI is InChI=1S/C8H11BrN2/c1-5-3-7(6(2)10)4-11-8(5)9/h3-4,6H,10H2,1-2H3. The van der Waals surface area contributed by atoms with Crippen molar-refractivity contribution >= 4 is 15.9 Å². The van der Waals surface area contributed by atoms with Crippen molar-refractivity contribution in [2.45, 2.75) is 19.9 Å². The molecule has 0 saturated carbocycles. The maximum atomic E-state index is 5.68. The maximum absolute atomic E-state index is 5.68. The summed E-state index contributed by atoms with van der Waals surface area (Å²) >= 11 is 3.33. The summed E-state index contributed by atoms with van der Waals surface area (Å²) < 4.78 is 0.891. The molecule has 3 heteroatoms. The van der Waals surface area contributed by atoms with Crippen LogP contribution in [0.1, 0.15) is 24.1 Å². The van der Waals surface area contributed by atoms with Gasteiger partial charge in [-0.15, -0.1) is 0 Å². The van der Waals surface area contributed by atoms with E-state index in [1.165, 1.54) is 0 Å². The molecule has 0 amide bonds. The molecule has 1 atom stereocenters. The van der Waals surface area contributed by atoms with E-state index in [-0.39, 0.29) is 6.04 Å². The quantitative estimate of drug-likeness (QED) is 0.729. The van der Waals surface area contributed by atoms with Crippen molar-refractivity contribution in [1.82, 2.24) is 4.98 Å². The topological polar surface area (TPSA) is 38.9 Å². The van der Waals surface area contributed by atoms with Gasteiger partial charge in [0.2, 0.25) is 0 Å². The van der Waals surface area contributed by atoms with Crippen molar-refractivity contribution in [3.8, 4) is 0 Å². The Morgan fingerprint density at radius 3 is 2.73 bits per heavy atom. The molecule has 2 nitrogen and oxygen atoms in total. The number of hydrogen-bond donors (Lipinski definition) is 1. The summed E-state index contributed by atoms with van der Waals surface area (Å²) in [6.45, 7) is 3.95. The van der Waals surface area contributed by atoms with Crippen molar-refractivity contribution in [2.24, 2.45) is 5.73 Å². The predicted molar refractivity (Wildman–Crippen MR) is 49.3 cm³/mol. The van der Waals surface area contributed by atoms with Gasteiger partial charge in [0.1, 0.15) is 4.60 Å². The lowest BCUT2D eigenvalue weighted by atomic mass is 10.1. The number of aryl methyl sites for hydroxylation is 1. The molecule has 0 spiro atoms. The van der Waals surface area contributed by atoms with Crippen LogP contribution in [0, 0.1) is 6.92 Å². The fourth-order valence-corrected chi connectivity index (χ4v) is 1.05. The molecule has 11 heavy (non-hydrogen) atoms. The van der Waals surface area contributed by atoms with Crippen LogP contribution >= 0.6 is 15.9 Å². The Hall–Kier alpha value is -0.410. The van der Waals surface area contributed by atoms with Gasteiger partial charge in [0.05, 0.1) is 0 Å². The van der Waals surface area contributed by atoms with Crippen LogP contribution < -0.4 is 5.73 Å². The highest BCUT2D eigenvalue weighted by Crippen LogP contribution is 2.16. The first-order valence-electron chi connectivity index (χ1n) is 3.49. The zero-order valence-electron chi connectivity index (χ0n) is 6.63. The molecular weight excluding hydrogens is 204 g/mol. The first-order valence-corrected chi connectivity index (χ1v) is 4.28. The van der Waals surface area contributed by atoms with Gasteiger partial charge in [-0.25, -0.2) is 4.98 Å². The van der Waals surface area contributed by atoms with Gasteiger partial charge in [-0.05, 0) is 40.9 Å². The molecule has 1 heterocycles. The van der Waals surface area contributed by atoms with Crippen molar-refractivity contribution in [2.75, 3.05) is 0 Å². The summed E-state index contributed by atoms with van der Waals surface area (Å²) in [5.74, 6) is 0. The molecular formula is C8H11BrN2. The molecule has 1 rings (SSSR count). The van der Waals surface area contributed by atoms with E-state index >= 15 is 0 Å². The van der Waals surface area contributed by atoms with Gasteiger partial charge in [0.15, 0.2) is 0 Å². The number of hydrogen-bond acceptors (Lipinski definition) is 2. The van der Waals surface area contributed by atoms with Crippen LogP contribution in [-0.4, -0.2) is 4.98 Å². The molecule has 0 saturated heterocycles. The summed E-state index contributed by atoms with van der Waals surface area (Å²) in [4.78, 5) is 4.14. The van der Waals surface area contributed by atoms with E-state index in [1.54, 1.807) is 6.20 Å². The van der Waals surface area contributed by atoms with Crippen LogP contribution in [0.25, 0.3) is 0 Å². The molecule has 1 aromatic heterocycles. The van der Waals surface area contributed by atoms with Crippen LogP contribution in [0.15, 0.2) is 16.9 Å². The van der Waals surface area contributed by atoms with Gasteiger partial charge in [0, 0.05) is 12.2 Å². The lowest BCUT2D eigenvalue weighted by molar-refractivity contribution is 0.808. The minimum Gasteiger partial charge on any atom is -0.324 e. The van der Waals surface area contributed by atoms with E-state index in [4.69, 9.17) is 5.73 Å². The Morgan fingerprint density at radius 1 is 1.64 bits per heavy atom. The molecule has 60 valence electrons. The van der Waals surface area contributed by atoms with Crippen LogP contribution in [0.5, 0.6) is 0 Å². The van der Waals surface area contributed by atoms with E-state index in [0.29, 0.717) is 0 Å². The first kappa shape index (κ1) is 8.68. The van der Waals surface area contributed by atoms with E-state index in [2.05, 4.69) is 20.9 Å². The van der Waals surface area contributed by atoms with Gasteiger partial charge in [0.25, 0.3) is 0 Å². The van der Waals surface area contributed by atoms with E-state index < -0.39 is 0 Å². The number of halogens is 1. The molecule has 1 unspecified atom stereocenters. The van der Waals surface area contributed by atoms with Crippen molar-refractivity contribution in [3.05, 3.63) is 28.0 Å². The van der Waals surface area contributed by atoms with Gasteiger partial charge in [-0.3, -0.25) is 0 Å². The van der Waals surface area contributed by atoms with E-state index in [0.717, 1.165) is 15.7 Å². The highest BCUT2D eigenvalue weighted by molar-refractivity contribution is 9.10. The summed E-state index contributed by atoms with van der Waals surface area (Å²) in [6.07, 6.45) is 1.79. The Balaban J connectivity index is 3.05. The number of nitrogens with zero attached hydrogens (tertiary/aromatic N) is 1. The molecule has 1 aromatic rings. The van der Waals surface area contributed by atoms with E-state index in [1.807, 2.05) is 19.9 Å². The highest BCUT2D eigenvalue weighted by atomic mass is 79.9. The van der Waals surface area contributed by atoms with Crippen LogP contribution in [0.3, 0.4) is 0 Å². The lowest BCUT2D eigenvalue weighted by Gasteiger charge is -2.05. The van der Waals surface area contributed by atoms with Crippen LogP contribution in [0.4, 0.5) is 0 Å². The van der Waals surface area contributed by atoms with Gasteiger partial charge in [-0.2, -0.15) is 0 Å². The monoisotopic (exact) mass is 214 g/mol. The van der Waals surface area contributed by atoms with Gasteiger partial charge in [-0.1, -0.05) is 6.07 Å². The largest absolute Gasteiger partial charge is 0.324 e. The number of pyridine rings is 1. The maximum Gasteiger partial charge on any atom is 0.108 e. The summed E-state index contributed by atoms with van der Waals surface area (Å²) in [6, 6.07) is 2.11. The zero-order valence-corrected chi connectivity index (χ0v) is 8.22. The molecule has 0 aliphatic heterocycles. The molecule has 0 radical (unpaired) electrons. The zero-order chi connectivity index (χ0) is 8.43. The van der Waals surface area contributed by atoms with Crippen molar-refractivity contribution in [3.63, 3.8) is 0 Å². The Bertz CT molecular complexity index is 258. The summed E-state index contributed by atoms with van der Waals surface area (Å²) in [7, 11) is 0. The third-order valence-electron chi connectivity index (χ3n) is 1.56. The number of rotatable bonds is 1. The fraction of sp³-hybridized carbons (Fsp3) is 0.375. The highest BCUT2D eigenvalue weighted by Gasteiger charge is 2.01. The predicted octanol–water partition coefficient (Wildman–Crippen LogP) is 2.17. The lowest BCUT2D eigenvalue weighted by Crippen LogP contribution is -2.05. The third-order valence-corrected chi connectivity index (χ3v) is 2.39. The SMILES string of the molecule is Cc1cc(C(C)N)cnc1Br. The van der Waals surface area contributed by atoms with Crippen LogP contribution in [-0.2, 0) is 0 Å². The first-order chi connectivity index (χ1) is 5.11. The Labute approximate surface area is 75.0 Å². The number of nitrogens with two attached hydrogens (primary N) is 1. The molecule has 2 N–H and O–H groups in total. The molecule has 0 aromatic carbocycles. The minimum atomic E-state index is 0.0642. The second kappa shape index (κ2) is 3.32. The molecule has 0 aliphatic rings. The second-order valence-corrected chi connectivity index (χ2v) is 3.42. The third kappa shape index (κ3) is 2.01. The van der Waals surface area contributed by atoms with Gasteiger partial charge < -0.3 is 5.73 Å². The number of aromatic nitrogens is 1. The van der Waals surface area contributed by atoms with Crippen molar-refractivity contribution < 1.29 is 0 Å². The molecule has 0 bridgehead atoms. The summed E-state index contributed by atoms with van der Waals surface area (Å²) in [5.41, 5.74) is 7.88. The van der Waals surface area contributed by atoms with Crippen LogP contribution in [0.2, 0.25) is 0 Å². The molecule has 0 fully saturated rings. The normalized spacial score (nSPS) is 13.1. The average Bonchev–Trinajstić information content (AvgIpc) is 1.94. The fourth-order valence-electron chi connectivity index (χ4n) is 0.829. The second-order valence-electron chi connectivity index (χ2n) is 2.67. The summed E-state index contributed by atoms with van der Waals surface area (Å²) in [5, 5.41) is 0. The molecule has 0 aliphatic carbocycles.